The molecule has 0 heterocycles. The van der Waals surface area contributed by atoms with E-state index in [2.05, 4.69) is 0 Å². The predicted octanol–water partition coefficient (Wildman–Crippen LogP) is 4.48. The van der Waals surface area contributed by atoms with Crippen LogP contribution in [-0.2, 0) is 11.2 Å². The second-order valence-corrected chi connectivity index (χ2v) is 9.04. The van der Waals surface area contributed by atoms with Gasteiger partial charge >= 0.3 is 0 Å². The lowest BCUT2D eigenvalue weighted by atomic mass is 9.66. The summed E-state index contributed by atoms with van der Waals surface area (Å²) in [5.41, 5.74) is -0.878. The predicted molar refractivity (Wildman–Crippen MR) is 127 cm³/mol. The van der Waals surface area contributed by atoms with E-state index in [1.807, 2.05) is 12.1 Å². The van der Waals surface area contributed by atoms with Crippen LogP contribution in [-0.4, -0.2) is 21.8 Å². The van der Waals surface area contributed by atoms with Crippen LogP contribution >= 0.6 is 0 Å². The van der Waals surface area contributed by atoms with Crippen molar-refractivity contribution in [2.75, 3.05) is 0 Å². The molecule has 0 saturated heterocycles. The minimum Gasteiger partial charge on any atom is -0.380 e. The molecule has 4 nitrogen and oxygen atoms in total. The minimum absolute atomic E-state index is 0.345. The molecule has 0 saturated carbocycles. The number of ketones is 2. The van der Waals surface area contributed by atoms with Crippen LogP contribution in [0.5, 0.6) is 0 Å². The van der Waals surface area contributed by atoms with Crippen LogP contribution in [0.25, 0.3) is 0 Å². The molecule has 4 aromatic rings. The third-order valence-electron chi connectivity index (χ3n) is 7.43. The second-order valence-electron chi connectivity index (χ2n) is 9.04. The molecule has 0 unspecified atom stereocenters. The highest BCUT2D eigenvalue weighted by atomic mass is 16.3. The van der Waals surface area contributed by atoms with E-state index in [-0.39, 0.29) is 11.6 Å². The maximum Gasteiger partial charge on any atom is 0.170 e. The Morgan fingerprint density at radius 3 is 1.18 bits per heavy atom. The molecule has 2 aliphatic rings. The summed E-state index contributed by atoms with van der Waals surface area (Å²) < 4.78 is 0. The Labute approximate surface area is 197 Å². The average molecular weight is 447 g/mol. The Morgan fingerprint density at radius 1 is 0.471 bits per heavy atom. The van der Waals surface area contributed by atoms with Gasteiger partial charge in [0.05, 0.1) is 11.8 Å². The standard InChI is InChI=1S/C30H22O4/c31-27-21-15-7-9-17-23(21)29(33,19-11-3-1-4-12-19)25(27)26-28(32)22-16-8-10-18-24(22)30(26,34)20-13-5-2-6-14-20/h1-18,25-26,33-34H/t25-,26-,29-,30-/m1/s1. The third kappa shape index (κ3) is 2.55. The maximum atomic E-state index is 14.0. The first kappa shape index (κ1) is 20.7. The largest absolute Gasteiger partial charge is 0.380 e. The Morgan fingerprint density at radius 2 is 0.794 bits per heavy atom. The van der Waals surface area contributed by atoms with Crippen molar-refractivity contribution < 1.29 is 19.8 Å². The van der Waals surface area contributed by atoms with Crippen molar-refractivity contribution in [3.8, 4) is 0 Å². The van der Waals surface area contributed by atoms with Gasteiger partial charge in [0.15, 0.2) is 11.6 Å². The normalized spacial score (nSPS) is 27.5. The quantitative estimate of drug-likeness (QED) is 0.487. The third-order valence-corrected chi connectivity index (χ3v) is 7.43. The van der Waals surface area contributed by atoms with Crippen LogP contribution in [0.4, 0.5) is 0 Å². The van der Waals surface area contributed by atoms with E-state index in [4.69, 9.17) is 0 Å². The summed E-state index contributed by atoms with van der Waals surface area (Å²) in [6.07, 6.45) is 0. The molecule has 0 spiro atoms. The Balaban J connectivity index is 1.65. The number of fused-ring (bicyclic) bond motifs is 2. The van der Waals surface area contributed by atoms with Gasteiger partial charge in [0.1, 0.15) is 11.2 Å². The highest BCUT2D eigenvalue weighted by molar-refractivity contribution is 6.12. The SMILES string of the molecule is O=C1c2ccccc2[C@](O)(c2ccccc2)[C@@H]1[C@@H]1C(=O)c2ccccc2[C@]1(O)c1ccccc1. The lowest BCUT2D eigenvalue weighted by Crippen LogP contribution is -2.49. The molecule has 0 fully saturated rings. The van der Waals surface area contributed by atoms with E-state index in [0.717, 1.165) is 0 Å². The van der Waals surface area contributed by atoms with Crippen LogP contribution in [0, 0.1) is 11.8 Å². The number of carbonyl (C=O) groups excluding carboxylic acids is 2. The summed E-state index contributed by atoms with van der Waals surface area (Å²) in [4.78, 5) is 27.9. The molecule has 4 heteroatoms. The molecule has 0 aromatic heterocycles. The Hall–Kier alpha value is -3.86. The molecule has 166 valence electrons. The van der Waals surface area contributed by atoms with Gasteiger partial charge in [0, 0.05) is 11.1 Å². The van der Waals surface area contributed by atoms with Crippen LogP contribution < -0.4 is 0 Å². The van der Waals surface area contributed by atoms with Crippen LogP contribution in [0.15, 0.2) is 109 Å². The van der Waals surface area contributed by atoms with Crippen LogP contribution in [0.3, 0.4) is 0 Å². The molecule has 4 aromatic carbocycles. The van der Waals surface area contributed by atoms with E-state index in [1.165, 1.54) is 0 Å². The summed E-state index contributed by atoms with van der Waals surface area (Å²) in [5.74, 6) is -3.11. The molecular formula is C30H22O4. The van der Waals surface area contributed by atoms with Crippen molar-refractivity contribution in [2.24, 2.45) is 11.8 Å². The van der Waals surface area contributed by atoms with Crippen molar-refractivity contribution in [2.45, 2.75) is 11.2 Å². The van der Waals surface area contributed by atoms with Gasteiger partial charge in [-0.3, -0.25) is 9.59 Å². The molecule has 0 radical (unpaired) electrons. The zero-order valence-corrected chi connectivity index (χ0v) is 18.3. The first-order valence-electron chi connectivity index (χ1n) is 11.3. The van der Waals surface area contributed by atoms with Gasteiger partial charge in [0.25, 0.3) is 0 Å². The summed E-state index contributed by atoms with van der Waals surface area (Å²) >= 11 is 0. The maximum absolute atomic E-state index is 14.0. The van der Waals surface area contributed by atoms with Gasteiger partial charge in [-0.05, 0) is 22.3 Å². The smallest absolute Gasteiger partial charge is 0.170 e. The lowest BCUT2D eigenvalue weighted by molar-refractivity contribution is -0.0463. The van der Waals surface area contributed by atoms with E-state index in [0.29, 0.717) is 33.4 Å². The van der Waals surface area contributed by atoms with E-state index in [9.17, 15) is 19.8 Å². The number of rotatable bonds is 3. The van der Waals surface area contributed by atoms with Crippen molar-refractivity contribution in [3.63, 3.8) is 0 Å². The zero-order chi connectivity index (χ0) is 23.5. The fourth-order valence-corrected chi connectivity index (χ4v) is 5.95. The Kier molecular flexibility index (Phi) is 4.46. The fourth-order valence-electron chi connectivity index (χ4n) is 5.95. The summed E-state index contributed by atoms with van der Waals surface area (Å²) in [5, 5.41) is 24.8. The topological polar surface area (TPSA) is 74.6 Å². The van der Waals surface area contributed by atoms with E-state index in [1.54, 1.807) is 97.1 Å². The summed E-state index contributed by atoms with van der Waals surface area (Å²) in [6.45, 7) is 0. The monoisotopic (exact) mass is 446 g/mol. The van der Waals surface area contributed by atoms with Crippen molar-refractivity contribution >= 4 is 11.6 Å². The fraction of sp³-hybridized carbons (Fsp3) is 0.133. The number of Topliss-reactive ketones (excluding diaryl/α,β-unsaturated/α-hetero) is 2. The molecule has 2 N–H and O–H groups in total. The first-order chi connectivity index (χ1) is 16.5. The molecule has 0 amide bonds. The van der Waals surface area contributed by atoms with Crippen molar-refractivity contribution in [3.05, 3.63) is 143 Å². The summed E-state index contributed by atoms with van der Waals surface area (Å²) in [6, 6.07) is 31.8. The molecule has 2 aliphatic carbocycles. The van der Waals surface area contributed by atoms with Gasteiger partial charge in [-0.1, -0.05) is 109 Å². The van der Waals surface area contributed by atoms with Gasteiger partial charge < -0.3 is 10.2 Å². The molecular weight excluding hydrogens is 424 g/mol. The van der Waals surface area contributed by atoms with Crippen LogP contribution in [0.1, 0.15) is 43.0 Å². The molecule has 0 aliphatic heterocycles. The van der Waals surface area contributed by atoms with E-state index >= 15 is 0 Å². The number of benzene rings is 4. The first-order valence-corrected chi connectivity index (χ1v) is 11.3. The van der Waals surface area contributed by atoms with Crippen molar-refractivity contribution in [1.29, 1.82) is 0 Å². The van der Waals surface area contributed by atoms with Gasteiger partial charge in [-0.2, -0.15) is 0 Å². The van der Waals surface area contributed by atoms with Gasteiger partial charge in [-0.25, -0.2) is 0 Å². The molecule has 4 atom stereocenters. The van der Waals surface area contributed by atoms with Crippen molar-refractivity contribution in [1.82, 2.24) is 0 Å². The minimum atomic E-state index is -1.78. The second kappa shape index (κ2) is 7.32. The summed E-state index contributed by atoms with van der Waals surface area (Å²) in [7, 11) is 0. The zero-order valence-electron chi connectivity index (χ0n) is 18.3. The van der Waals surface area contributed by atoms with E-state index < -0.39 is 23.0 Å². The molecule has 0 bridgehead atoms. The highest BCUT2D eigenvalue weighted by Crippen LogP contribution is 2.57. The number of aliphatic hydroxyl groups is 2. The molecule has 34 heavy (non-hydrogen) atoms. The lowest BCUT2D eigenvalue weighted by Gasteiger charge is -2.40. The average Bonchev–Trinajstić information content (AvgIpc) is 3.26. The number of carbonyl (C=O) groups is 2. The Bertz CT molecular complexity index is 1320. The molecule has 6 rings (SSSR count). The number of hydrogen-bond donors (Lipinski definition) is 2. The number of hydrogen-bond acceptors (Lipinski definition) is 4. The highest BCUT2D eigenvalue weighted by Gasteiger charge is 2.65. The van der Waals surface area contributed by atoms with Crippen LogP contribution in [0.2, 0.25) is 0 Å². The van der Waals surface area contributed by atoms with Gasteiger partial charge in [0.2, 0.25) is 0 Å². The van der Waals surface area contributed by atoms with Gasteiger partial charge in [-0.15, -0.1) is 0 Å².